The first kappa shape index (κ1) is 20.2. The highest BCUT2D eigenvalue weighted by Crippen LogP contribution is 2.37. The lowest BCUT2D eigenvalue weighted by Crippen LogP contribution is -2.35. The predicted octanol–water partition coefficient (Wildman–Crippen LogP) is 4.61. The zero-order chi connectivity index (χ0) is 20.9. The van der Waals surface area contributed by atoms with Gasteiger partial charge < -0.3 is 10.2 Å². The van der Waals surface area contributed by atoms with Crippen molar-refractivity contribution in [1.82, 2.24) is 5.32 Å². The van der Waals surface area contributed by atoms with Crippen LogP contribution in [0.5, 0.6) is 0 Å². The maximum absolute atomic E-state index is 12.7. The number of nitrogens with zero attached hydrogens (tertiary/aromatic N) is 1. The first-order chi connectivity index (χ1) is 14.6. The first-order valence-corrected chi connectivity index (χ1v) is 11.0. The highest BCUT2D eigenvalue weighted by molar-refractivity contribution is 8.00. The van der Waals surface area contributed by atoms with E-state index in [2.05, 4.69) is 23.5 Å². The van der Waals surface area contributed by atoms with Gasteiger partial charge in [0.05, 0.1) is 18.0 Å². The maximum Gasteiger partial charge on any atom is 0.251 e. The molecule has 1 N–H and O–H groups in total. The molecule has 152 valence electrons. The minimum Gasteiger partial charge on any atom is -0.352 e. The zero-order valence-electron chi connectivity index (χ0n) is 16.9. The molecular formula is C25H24N2O2S. The Balaban J connectivity index is 1.49. The summed E-state index contributed by atoms with van der Waals surface area (Å²) in [5.41, 5.74) is 4.83. The molecule has 1 aliphatic rings. The molecule has 3 aromatic rings. The van der Waals surface area contributed by atoms with Gasteiger partial charge in [0.25, 0.3) is 5.91 Å². The molecule has 3 aromatic carbocycles. The van der Waals surface area contributed by atoms with Crippen molar-refractivity contribution in [3.05, 3.63) is 95.1 Å². The SMILES string of the molecule is Cc1cccc(CN2C(=O)CSc3ccc(C(=O)NCCc4ccccc4)cc32)c1. The lowest BCUT2D eigenvalue weighted by atomic mass is 10.1. The second-order valence-electron chi connectivity index (χ2n) is 7.43. The molecule has 5 heteroatoms. The Morgan fingerprint density at radius 2 is 1.80 bits per heavy atom. The van der Waals surface area contributed by atoms with E-state index >= 15 is 0 Å². The van der Waals surface area contributed by atoms with Crippen molar-refractivity contribution in [1.29, 1.82) is 0 Å². The van der Waals surface area contributed by atoms with E-state index in [9.17, 15) is 9.59 Å². The van der Waals surface area contributed by atoms with Crippen molar-refractivity contribution in [2.45, 2.75) is 24.8 Å². The van der Waals surface area contributed by atoms with E-state index in [1.165, 1.54) is 17.3 Å². The quantitative estimate of drug-likeness (QED) is 0.639. The van der Waals surface area contributed by atoms with Gasteiger partial charge in [-0.05, 0) is 42.7 Å². The van der Waals surface area contributed by atoms with E-state index in [0.717, 1.165) is 28.1 Å². The normalized spacial score (nSPS) is 13.1. The summed E-state index contributed by atoms with van der Waals surface area (Å²) in [6.45, 7) is 3.12. The molecule has 0 spiro atoms. The Morgan fingerprint density at radius 3 is 2.60 bits per heavy atom. The van der Waals surface area contributed by atoms with E-state index in [0.29, 0.717) is 24.4 Å². The monoisotopic (exact) mass is 416 g/mol. The molecule has 4 rings (SSSR count). The third kappa shape index (κ3) is 4.74. The van der Waals surface area contributed by atoms with Crippen LogP contribution < -0.4 is 10.2 Å². The summed E-state index contributed by atoms with van der Waals surface area (Å²) in [6.07, 6.45) is 0.783. The van der Waals surface area contributed by atoms with Crippen LogP contribution >= 0.6 is 11.8 Å². The largest absolute Gasteiger partial charge is 0.352 e. The zero-order valence-corrected chi connectivity index (χ0v) is 17.7. The van der Waals surface area contributed by atoms with E-state index in [-0.39, 0.29) is 11.8 Å². The summed E-state index contributed by atoms with van der Waals surface area (Å²) in [7, 11) is 0. The molecule has 0 aromatic heterocycles. The van der Waals surface area contributed by atoms with Gasteiger partial charge in [-0.1, -0.05) is 60.2 Å². The fraction of sp³-hybridized carbons (Fsp3) is 0.200. The molecule has 0 radical (unpaired) electrons. The van der Waals surface area contributed by atoms with Gasteiger partial charge in [-0.25, -0.2) is 0 Å². The first-order valence-electron chi connectivity index (χ1n) is 10.0. The topological polar surface area (TPSA) is 49.4 Å². The molecule has 0 saturated carbocycles. The predicted molar refractivity (Wildman–Crippen MR) is 122 cm³/mol. The molecule has 0 bridgehead atoms. The van der Waals surface area contributed by atoms with Gasteiger partial charge in [0.1, 0.15) is 0 Å². The van der Waals surface area contributed by atoms with E-state index in [1.807, 2.05) is 61.5 Å². The fourth-order valence-corrected chi connectivity index (χ4v) is 4.49. The highest BCUT2D eigenvalue weighted by Gasteiger charge is 2.26. The number of thioether (sulfide) groups is 1. The molecular weight excluding hydrogens is 392 g/mol. The van der Waals surface area contributed by atoms with Crippen LogP contribution in [0.15, 0.2) is 77.7 Å². The van der Waals surface area contributed by atoms with Gasteiger partial charge in [-0.3, -0.25) is 9.59 Å². The minimum atomic E-state index is -0.118. The molecule has 0 fully saturated rings. The summed E-state index contributed by atoms with van der Waals surface area (Å²) >= 11 is 1.53. The smallest absolute Gasteiger partial charge is 0.251 e. The van der Waals surface area contributed by atoms with Crippen LogP contribution in [-0.4, -0.2) is 24.1 Å². The summed E-state index contributed by atoms with van der Waals surface area (Å²) in [6, 6.07) is 23.9. The lowest BCUT2D eigenvalue weighted by Gasteiger charge is -2.29. The molecule has 0 atom stereocenters. The second-order valence-corrected chi connectivity index (χ2v) is 8.45. The van der Waals surface area contributed by atoms with E-state index < -0.39 is 0 Å². The van der Waals surface area contributed by atoms with Crippen LogP contribution in [0.2, 0.25) is 0 Å². The molecule has 1 aliphatic heterocycles. The Morgan fingerprint density at radius 1 is 1.00 bits per heavy atom. The number of hydrogen-bond acceptors (Lipinski definition) is 3. The van der Waals surface area contributed by atoms with Crippen LogP contribution in [0.1, 0.15) is 27.0 Å². The number of nitrogens with one attached hydrogen (secondary N) is 1. The van der Waals surface area contributed by atoms with Crippen LogP contribution in [0, 0.1) is 6.92 Å². The van der Waals surface area contributed by atoms with Gasteiger partial charge in [-0.15, -0.1) is 11.8 Å². The number of amides is 2. The average Bonchev–Trinajstić information content (AvgIpc) is 2.76. The van der Waals surface area contributed by atoms with Gasteiger partial charge in [0.15, 0.2) is 0 Å². The number of benzene rings is 3. The van der Waals surface area contributed by atoms with E-state index in [4.69, 9.17) is 0 Å². The third-order valence-electron chi connectivity index (χ3n) is 5.13. The van der Waals surface area contributed by atoms with Gasteiger partial charge in [-0.2, -0.15) is 0 Å². The van der Waals surface area contributed by atoms with Crippen molar-refractivity contribution in [3.63, 3.8) is 0 Å². The van der Waals surface area contributed by atoms with Crippen LogP contribution in [-0.2, 0) is 17.8 Å². The average molecular weight is 417 g/mol. The molecule has 0 saturated heterocycles. The van der Waals surface area contributed by atoms with Gasteiger partial charge in [0, 0.05) is 17.0 Å². The highest BCUT2D eigenvalue weighted by atomic mass is 32.2. The Hall–Kier alpha value is -3.05. The Bertz CT molecular complexity index is 1070. The van der Waals surface area contributed by atoms with Crippen molar-refractivity contribution < 1.29 is 9.59 Å². The Kier molecular flexibility index (Phi) is 6.19. The standard InChI is InChI=1S/C25H24N2O2S/c1-18-6-5-9-20(14-18)16-27-22-15-21(10-11-23(22)30-17-24(27)28)25(29)26-13-12-19-7-3-2-4-8-19/h2-11,14-15H,12-13,16-17H2,1H3,(H,26,29). The summed E-state index contributed by atoms with van der Waals surface area (Å²) in [5, 5.41) is 2.99. The van der Waals surface area contributed by atoms with Crippen molar-refractivity contribution in [2.75, 3.05) is 17.2 Å². The molecule has 0 unspecified atom stereocenters. The summed E-state index contributed by atoms with van der Waals surface area (Å²) in [5.74, 6) is 0.365. The number of anilines is 1. The second kappa shape index (κ2) is 9.18. The van der Waals surface area contributed by atoms with Gasteiger partial charge in [0.2, 0.25) is 5.91 Å². The number of aryl methyl sites for hydroxylation is 1. The number of hydrogen-bond donors (Lipinski definition) is 1. The molecule has 1 heterocycles. The number of rotatable bonds is 6. The molecule has 0 aliphatic carbocycles. The molecule has 2 amide bonds. The Labute approximate surface area is 181 Å². The van der Waals surface area contributed by atoms with Crippen LogP contribution in [0.3, 0.4) is 0 Å². The third-order valence-corrected chi connectivity index (χ3v) is 6.18. The van der Waals surface area contributed by atoms with Crippen molar-refractivity contribution >= 4 is 29.3 Å². The summed E-state index contributed by atoms with van der Waals surface area (Å²) in [4.78, 5) is 28.2. The lowest BCUT2D eigenvalue weighted by molar-refractivity contribution is -0.116. The van der Waals surface area contributed by atoms with Crippen LogP contribution in [0.4, 0.5) is 5.69 Å². The molecule has 30 heavy (non-hydrogen) atoms. The molecule has 4 nitrogen and oxygen atoms in total. The number of fused-ring (bicyclic) bond motifs is 1. The minimum absolute atomic E-state index is 0.0654. The van der Waals surface area contributed by atoms with E-state index in [1.54, 1.807) is 4.90 Å². The van der Waals surface area contributed by atoms with Crippen LogP contribution in [0.25, 0.3) is 0 Å². The maximum atomic E-state index is 12.7. The summed E-state index contributed by atoms with van der Waals surface area (Å²) < 4.78 is 0. The fourth-order valence-electron chi connectivity index (χ4n) is 3.58. The van der Waals surface area contributed by atoms with Crippen molar-refractivity contribution in [3.8, 4) is 0 Å². The van der Waals surface area contributed by atoms with Crippen molar-refractivity contribution in [2.24, 2.45) is 0 Å². The van der Waals surface area contributed by atoms with Gasteiger partial charge >= 0.3 is 0 Å². The number of carbonyl (C=O) groups excluding carboxylic acids is 2. The number of carbonyl (C=O) groups is 2.